The zero-order chi connectivity index (χ0) is 20.4. The van der Waals surface area contributed by atoms with E-state index in [1.54, 1.807) is 28.7 Å². The van der Waals surface area contributed by atoms with Crippen molar-refractivity contribution in [2.24, 2.45) is 0 Å². The number of aryl methyl sites for hydroxylation is 1. The van der Waals surface area contributed by atoms with Crippen LogP contribution in [0.15, 0.2) is 53.3 Å². The highest BCUT2D eigenvalue weighted by atomic mass is 16.5. The maximum Gasteiger partial charge on any atom is 0.293 e. The molecule has 1 fully saturated rings. The minimum Gasteiger partial charge on any atom is -0.496 e. The minimum absolute atomic E-state index is 0.0560. The summed E-state index contributed by atoms with van der Waals surface area (Å²) in [5, 5.41) is 0. The van der Waals surface area contributed by atoms with E-state index < -0.39 is 0 Å². The molecule has 3 aromatic rings. The van der Waals surface area contributed by atoms with Crippen LogP contribution in [0.4, 0.5) is 5.82 Å². The number of ether oxygens (including phenoxy) is 1. The smallest absolute Gasteiger partial charge is 0.293 e. The summed E-state index contributed by atoms with van der Waals surface area (Å²) in [5.41, 5.74) is 2.11. The molecule has 0 unspecified atom stereocenters. The average Bonchev–Trinajstić information content (AvgIpc) is 2.78. The molecule has 0 radical (unpaired) electrons. The SMILES string of the molecule is CCn1c(=O)c(N2CCN(C(=O)c3ccccc3OC)CC2)nc2ccccc21. The Bertz CT molecular complexity index is 1100. The monoisotopic (exact) mass is 392 g/mol. The first-order chi connectivity index (χ1) is 14.1. The molecule has 7 nitrogen and oxygen atoms in total. The van der Waals surface area contributed by atoms with Crippen molar-refractivity contribution in [3.05, 3.63) is 64.4 Å². The second kappa shape index (κ2) is 7.95. The molecule has 1 saturated heterocycles. The predicted molar refractivity (Wildman–Crippen MR) is 113 cm³/mol. The Morgan fingerprint density at radius 1 is 1.03 bits per heavy atom. The number of methoxy groups -OCH3 is 1. The summed E-state index contributed by atoms with van der Waals surface area (Å²) in [4.78, 5) is 34.3. The van der Waals surface area contributed by atoms with Crippen LogP contribution in [-0.2, 0) is 6.54 Å². The zero-order valence-corrected chi connectivity index (χ0v) is 16.7. The summed E-state index contributed by atoms with van der Waals surface area (Å²) in [6, 6.07) is 14.9. The third-order valence-electron chi connectivity index (χ3n) is 5.36. The number of hydrogen-bond acceptors (Lipinski definition) is 5. The molecule has 29 heavy (non-hydrogen) atoms. The fourth-order valence-corrected chi connectivity index (χ4v) is 3.81. The van der Waals surface area contributed by atoms with Gasteiger partial charge in [-0.25, -0.2) is 4.98 Å². The number of anilines is 1. The first-order valence-electron chi connectivity index (χ1n) is 9.81. The lowest BCUT2D eigenvalue weighted by molar-refractivity contribution is 0.0743. The van der Waals surface area contributed by atoms with Gasteiger partial charge in [-0.15, -0.1) is 0 Å². The van der Waals surface area contributed by atoms with E-state index in [2.05, 4.69) is 4.98 Å². The summed E-state index contributed by atoms with van der Waals surface area (Å²) >= 11 is 0. The Kier molecular flexibility index (Phi) is 5.20. The Morgan fingerprint density at radius 3 is 2.45 bits per heavy atom. The largest absolute Gasteiger partial charge is 0.496 e. The molecule has 4 rings (SSSR count). The molecule has 1 amide bonds. The first kappa shape index (κ1) is 19.0. The third kappa shape index (κ3) is 3.44. The summed E-state index contributed by atoms with van der Waals surface area (Å²) in [6.07, 6.45) is 0. The number of hydrogen-bond donors (Lipinski definition) is 0. The molecule has 0 atom stereocenters. The number of piperazine rings is 1. The molecule has 0 N–H and O–H groups in total. The molecule has 7 heteroatoms. The van der Waals surface area contributed by atoms with Crippen molar-refractivity contribution in [1.29, 1.82) is 0 Å². The molecule has 1 aromatic heterocycles. The number of nitrogens with zero attached hydrogens (tertiary/aromatic N) is 4. The van der Waals surface area contributed by atoms with Gasteiger partial charge >= 0.3 is 0 Å². The molecule has 1 aliphatic rings. The fraction of sp³-hybridized carbons (Fsp3) is 0.318. The van der Waals surface area contributed by atoms with Gasteiger partial charge in [0.05, 0.1) is 23.7 Å². The maximum absolute atomic E-state index is 13.0. The molecule has 0 spiro atoms. The molecular formula is C22H24N4O3. The molecule has 0 bridgehead atoms. The minimum atomic E-state index is -0.0873. The zero-order valence-electron chi connectivity index (χ0n) is 16.7. The average molecular weight is 392 g/mol. The number of rotatable bonds is 4. The molecule has 0 aliphatic carbocycles. The van der Waals surface area contributed by atoms with Gasteiger partial charge in [-0.2, -0.15) is 0 Å². The fourth-order valence-electron chi connectivity index (χ4n) is 3.81. The maximum atomic E-state index is 13.0. The number of carbonyl (C=O) groups is 1. The number of para-hydroxylation sites is 3. The highest BCUT2D eigenvalue weighted by molar-refractivity contribution is 5.97. The molecular weight excluding hydrogens is 368 g/mol. The van der Waals surface area contributed by atoms with E-state index in [9.17, 15) is 9.59 Å². The Labute approximate surface area is 169 Å². The normalized spacial score (nSPS) is 14.3. The number of fused-ring (bicyclic) bond motifs is 1. The second-order valence-corrected chi connectivity index (χ2v) is 6.95. The van der Waals surface area contributed by atoms with Crippen LogP contribution >= 0.6 is 0 Å². The number of benzene rings is 2. The van der Waals surface area contributed by atoms with Gasteiger partial charge in [-0.1, -0.05) is 24.3 Å². The lowest BCUT2D eigenvalue weighted by atomic mass is 10.1. The standard InChI is InChI=1S/C22H24N4O3/c1-3-26-18-10-6-5-9-17(18)23-20(22(26)28)24-12-14-25(15-13-24)21(27)16-8-4-7-11-19(16)29-2/h4-11H,3,12-15H2,1-2H3. The summed E-state index contributed by atoms with van der Waals surface area (Å²) in [5.74, 6) is 0.969. The van der Waals surface area contributed by atoms with E-state index in [4.69, 9.17) is 4.74 Å². The van der Waals surface area contributed by atoms with Gasteiger partial charge in [0.1, 0.15) is 5.75 Å². The number of amides is 1. The van der Waals surface area contributed by atoms with Gasteiger partial charge < -0.3 is 19.1 Å². The van der Waals surface area contributed by atoms with Crippen LogP contribution in [0.2, 0.25) is 0 Å². The summed E-state index contributed by atoms with van der Waals surface area (Å²) in [7, 11) is 1.56. The van der Waals surface area contributed by atoms with Gasteiger partial charge in [0.25, 0.3) is 11.5 Å². The van der Waals surface area contributed by atoms with Crippen molar-refractivity contribution >= 4 is 22.8 Å². The van der Waals surface area contributed by atoms with Crippen LogP contribution in [0.25, 0.3) is 11.0 Å². The molecule has 150 valence electrons. The third-order valence-corrected chi connectivity index (χ3v) is 5.36. The van der Waals surface area contributed by atoms with E-state index in [1.165, 1.54) is 0 Å². The van der Waals surface area contributed by atoms with Crippen molar-refractivity contribution in [1.82, 2.24) is 14.5 Å². The van der Waals surface area contributed by atoms with Gasteiger partial charge in [-0.05, 0) is 31.2 Å². The van der Waals surface area contributed by atoms with E-state index in [1.807, 2.05) is 48.2 Å². The van der Waals surface area contributed by atoms with Gasteiger partial charge in [0.15, 0.2) is 5.82 Å². The topological polar surface area (TPSA) is 67.7 Å². The Balaban J connectivity index is 1.57. The quantitative estimate of drug-likeness (QED) is 0.682. The van der Waals surface area contributed by atoms with Crippen LogP contribution in [0.3, 0.4) is 0 Å². The molecule has 2 aromatic carbocycles. The highest BCUT2D eigenvalue weighted by Crippen LogP contribution is 2.21. The highest BCUT2D eigenvalue weighted by Gasteiger charge is 2.26. The first-order valence-corrected chi connectivity index (χ1v) is 9.81. The van der Waals surface area contributed by atoms with Crippen LogP contribution in [-0.4, -0.2) is 53.6 Å². The molecule has 0 saturated carbocycles. The van der Waals surface area contributed by atoms with Crippen LogP contribution < -0.4 is 15.2 Å². The summed E-state index contributed by atoms with van der Waals surface area (Å²) < 4.78 is 7.07. The number of carbonyl (C=O) groups excluding carboxylic acids is 1. The second-order valence-electron chi connectivity index (χ2n) is 6.95. The van der Waals surface area contributed by atoms with E-state index in [0.717, 1.165) is 11.0 Å². The number of aromatic nitrogens is 2. The van der Waals surface area contributed by atoms with Gasteiger partial charge in [-0.3, -0.25) is 9.59 Å². The summed E-state index contributed by atoms with van der Waals surface area (Å²) in [6.45, 7) is 4.72. The van der Waals surface area contributed by atoms with Crippen LogP contribution in [0.1, 0.15) is 17.3 Å². The van der Waals surface area contributed by atoms with Crippen molar-refractivity contribution in [2.75, 3.05) is 38.2 Å². The van der Waals surface area contributed by atoms with Gasteiger partial charge in [0, 0.05) is 32.7 Å². The molecule has 1 aliphatic heterocycles. The van der Waals surface area contributed by atoms with Crippen LogP contribution in [0, 0.1) is 0 Å². The van der Waals surface area contributed by atoms with Crippen LogP contribution in [0.5, 0.6) is 5.75 Å². The van der Waals surface area contributed by atoms with E-state index in [0.29, 0.717) is 49.9 Å². The van der Waals surface area contributed by atoms with Crippen molar-refractivity contribution in [3.8, 4) is 5.75 Å². The van der Waals surface area contributed by atoms with Gasteiger partial charge in [0.2, 0.25) is 0 Å². The van der Waals surface area contributed by atoms with Crippen molar-refractivity contribution < 1.29 is 9.53 Å². The molecule has 2 heterocycles. The Hall–Kier alpha value is -3.35. The van der Waals surface area contributed by atoms with E-state index >= 15 is 0 Å². The van der Waals surface area contributed by atoms with Crippen molar-refractivity contribution in [2.45, 2.75) is 13.5 Å². The van der Waals surface area contributed by atoms with Crippen molar-refractivity contribution in [3.63, 3.8) is 0 Å². The van der Waals surface area contributed by atoms with E-state index in [-0.39, 0.29) is 11.5 Å². The Morgan fingerprint density at radius 2 is 1.72 bits per heavy atom. The lowest BCUT2D eigenvalue weighted by Gasteiger charge is -2.35. The predicted octanol–water partition coefficient (Wildman–Crippen LogP) is 2.39. The lowest BCUT2D eigenvalue weighted by Crippen LogP contribution is -2.50.